The first-order valence-electron chi connectivity index (χ1n) is 9.84. The smallest absolute Gasteiger partial charge is 0.191 e. The molecule has 0 spiro atoms. The van der Waals surface area contributed by atoms with Gasteiger partial charge in [0.1, 0.15) is 11.9 Å². The molecular weight excluding hydrogens is 312 g/mol. The number of fused-ring (bicyclic) bond motifs is 1. The van der Waals surface area contributed by atoms with Crippen molar-refractivity contribution in [1.82, 2.24) is 15.5 Å². The van der Waals surface area contributed by atoms with Gasteiger partial charge in [-0.15, -0.1) is 0 Å². The Hall–Kier alpha value is -1.75. The molecule has 0 aromatic heterocycles. The van der Waals surface area contributed by atoms with Gasteiger partial charge in [0.2, 0.25) is 0 Å². The zero-order chi connectivity index (χ0) is 17.3. The van der Waals surface area contributed by atoms with Crippen LogP contribution in [-0.4, -0.2) is 56.2 Å². The molecule has 1 atom stereocenters. The first-order valence-corrected chi connectivity index (χ1v) is 9.84. The number of unbranched alkanes of at least 4 members (excludes halogenated alkanes) is 1. The van der Waals surface area contributed by atoms with Gasteiger partial charge >= 0.3 is 0 Å². The van der Waals surface area contributed by atoms with Crippen molar-refractivity contribution in [2.45, 2.75) is 45.1 Å². The second-order valence-electron chi connectivity index (χ2n) is 6.95. The van der Waals surface area contributed by atoms with Crippen LogP contribution in [0, 0.1) is 0 Å². The molecule has 3 rings (SSSR count). The Morgan fingerprint density at radius 2 is 2.04 bits per heavy atom. The molecule has 0 aliphatic carbocycles. The highest BCUT2D eigenvalue weighted by atomic mass is 16.5. The second-order valence-corrected chi connectivity index (χ2v) is 6.95. The Bertz CT molecular complexity index is 529. The van der Waals surface area contributed by atoms with E-state index in [-0.39, 0.29) is 6.10 Å². The number of ether oxygens (including phenoxy) is 1. The van der Waals surface area contributed by atoms with Crippen molar-refractivity contribution in [3.8, 4) is 5.75 Å². The maximum absolute atomic E-state index is 5.97. The lowest BCUT2D eigenvalue weighted by molar-refractivity contribution is 0.241. The normalized spacial score (nSPS) is 20.4. The highest BCUT2D eigenvalue weighted by Gasteiger charge is 2.21. The third-order valence-corrected chi connectivity index (χ3v) is 4.90. The van der Waals surface area contributed by atoms with E-state index < -0.39 is 0 Å². The molecule has 5 nitrogen and oxygen atoms in total. The molecule has 0 amide bonds. The van der Waals surface area contributed by atoms with Gasteiger partial charge < -0.3 is 20.3 Å². The van der Waals surface area contributed by atoms with Crippen LogP contribution in [-0.2, 0) is 6.42 Å². The van der Waals surface area contributed by atoms with Crippen LogP contribution in [0.15, 0.2) is 29.3 Å². The Balaban J connectivity index is 1.36. The summed E-state index contributed by atoms with van der Waals surface area (Å²) in [4.78, 5) is 7.29. The lowest BCUT2D eigenvalue weighted by atomic mass is 10.1. The zero-order valence-electron chi connectivity index (χ0n) is 15.5. The second kappa shape index (κ2) is 9.66. The van der Waals surface area contributed by atoms with E-state index in [1.54, 1.807) is 0 Å². The molecular formula is C20H32N4O. The summed E-state index contributed by atoms with van der Waals surface area (Å²) in [5, 5.41) is 6.79. The van der Waals surface area contributed by atoms with Crippen LogP contribution in [0.5, 0.6) is 5.75 Å². The summed E-state index contributed by atoms with van der Waals surface area (Å²) in [6, 6.07) is 8.28. The van der Waals surface area contributed by atoms with Crippen LogP contribution < -0.4 is 15.4 Å². The zero-order valence-corrected chi connectivity index (χ0v) is 15.5. The van der Waals surface area contributed by atoms with Gasteiger partial charge in [-0.1, -0.05) is 18.2 Å². The average Bonchev–Trinajstić information content (AvgIpc) is 3.28. The Morgan fingerprint density at radius 3 is 2.84 bits per heavy atom. The number of guanidine groups is 1. The largest absolute Gasteiger partial charge is 0.488 e. The molecule has 2 aliphatic heterocycles. The van der Waals surface area contributed by atoms with Gasteiger partial charge in [0.15, 0.2) is 5.96 Å². The van der Waals surface area contributed by atoms with E-state index in [0.29, 0.717) is 6.54 Å². The quantitative estimate of drug-likeness (QED) is 0.432. The fourth-order valence-corrected chi connectivity index (χ4v) is 3.56. The van der Waals surface area contributed by atoms with Crippen LogP contribution in [0.2, 0.25) is 0 Å². The number of hydrogen-bond donors (Lipinski definition) is 2. The van der Waals surface area contributed by atoms with Crippen LogP contribution >= 0.6 is 0 Å². The molecule has 1 aromatic carbocycles. The van der Waals surface area contributed by atoms with Gasteiger partial charge in [-0.3, -0.25) is 0 Å². The predicted octanol–water partition coefficient (Wildman–Crippen LogP) is 2.42. The lowest BCUT2D eigenvalue weighted by Crippen LogP contribution is -2.38. The van der Waals surface area contributed by atoms with Crippen molar-refractivity contribution in [3.63, 3.8) is 0 Å². The minimum Gasteiger partial charge on any atom is -0.488 e. The van der Waals surface area contributed by atoms with Crippen molar-refractivity contribution in [2.24, 2.45) is 4.99 Å². The van der Waals surface area contributed by atoms with E-state index >= 15 is 0 Å². The molecule has 0 radical (unpaired) electrons. The number of hydrogen-bond acceptors (Lipinski definition) is 3. The standard InChI is InChI=1S/C20H32N4O/c1-2-21-20(22-11-5-6-12-24-13-7-8-14-24)23-16-18-15-17-9-3-4-10-19(17)25-18/h3-4,9-10,18H,2,5-8,11-16H2,1H3,(H2,21,22,23). The van der Waals surface area contributed by atoms with Crippen LogP contribution in [0.1, 0.15) is 38.2 Å². The van der Waals surface area contributed by atoms with Gasteiger partial charge in [0.05, 0.1) is 6.54 Å². The molecule has 5 heteroatoms. The molecule has 2 heterocycles. The van der Waals surface area contributed by atoms with Crippen molar-refractivity contribution < 1.29 is 4.74 Å². The molecule has 138 valence electrons. The number of para-hydroxylation sites is 1. The van der Waals surface area contributed by atoms with Crippen molar-refractivity contribution in [3.05, 3.63) is 29.8 Å². The fraction of sp³-hybridized carbons (Fsp3) is 0.650. The van der Waals surface area contributed by atoms with Crippen molar-refractivity contribution >= 4 is 5.96 Å². The van der Waals surface area contributed by atoms with E-state index in [4.69, 9.17) is 9.73 Å². The molecule has 1 aromatic rings. The molecule has 25 heavy (non-hydrogen) atoms. The van der Waals surface area contributed by atoms with Gasteiger partial charge in [-0.2, -0.15) is 0 Å². The number of likely N-dealkylation sites (tertiary alicyclic amines) is 1. The summed E-state index contributed by atoms with van der Waals surface area (Å²) in [6.45, 7) is 8.48. The number of benzene rings is 1. The van der Waals surface area contributed by atoms with E-state index in [0.717, 1.165) is 31.2 Å². The van der Waals surface area contributed by atoms with Gasteiger partial charge in [-0.05, 0) is 63.9 Å². The number of aliphatic imine (C=N–C) groups is 1. The van der Waals surface area contributed by atoms with E-state index in [2.05, 4.69) is 34.6 Å². The van der Waals surface area contributed by atoms with Gasteiger partial charge in [0, 0.05) is 19.5 Å². The molecule has 1 unspecified atom stereocenters. The maximum Gasteiger partial charge on any atom is 0.191 e. The van der Waals surface area contributed by atoms with E-state index in [1.807, 2.05) is 12.1 Å². The topological polar surface area (TPSA) is 48.9 Å². The number of nitrogens with zero attached hydrogens (tertiary/aromatic N) is 2. The van der Waals surface area contributed by atoms with Crippen LogP contribution in [0.3, 0.4) is 0 Å². The highest BCUT2D eigenvalue weighted by molar-refractivity contribution is 5.79. The minimum absolute atomic E-state index is 0.156. The van der Waals surface area contributed by atoms with Gasteiger partial charge in [0.25, 0.3) is 0 Å². The lowest BCUT2D eigenvalue weighted by Gasteiger charge is -2.15. The average molecular weight is 345 g/mol. The first-order chi connectivity index (χ1) is 12.3. The Labute approximate surface area is 151 Å². The monoisotopic (exact) mass is 344 g/mol. The van der Waals surface area contributed by atoms with Crippen LogP contribution in [0.4, 0.5) is 0 Å². The molecule has 1 fully saturated rings. The predicted molar refractivity (Wildman–Crippen MR) is 103 cm³/mol. The Morgan fingerprint density at radius 1 is 1.20 bits per heavy atom. The van der Waals surface area contributed by atoms with Crippen molar-refractivity contribution in [1.29, 1.82) is 0 Å². The maximum atomic E-state index is 5.97. The summed E-state index contributed by atoms with van der Waals surface area (Å²) < 4.78 is 5.97. The number of nitrogens with one attached hydrogen (secondary N) is 2. The Kier molecular flexibility index (Phi) is 6.98. The molecule has 0 bridgehead atoms. The minimum atomic E-state index is 0.156. The third-order valence-electron chi connectivity index (χ3n) is 4.90. The van der Waals surface area contributed by atoms with E-state index in [1.165, 1.54) is 50.9 Å². The van der Waals surface area contributed by atoms with Crippen molar-refractivity contribution in [2.75, 3.05) is 39.3 Å². The summed E-state index contributed by atoms with van der Waals surface area (Å²) in [6.07, 6.45) is 6.31. The fourth-order valence-electron chi connectivity index (χ4n) is 3.56. The molecule has 0 saturated carbocycles. The van der Waals surface area contributed by atoms with Crippen LogP contribution in [0.25, 0.3) is 0 Å². The summed E-state index contributed by atoms with van der Waals surface area (Å²) in [5.41, 5.74) is 1.29. The highest BCUT2D eigenvalue weighted by Crippen LogP contribution is 2.28. The SMILES string of the molecule is CCNC(=NCC1Cc2ccccc2O1)NCCCCN1CCCC1. The third kappa shape index (κ3) is 5.63. The molecule has 2 aliphatic rings. The number of rotatable bonds is 8. The molecule has 2 N–H and O–H groups in total. The summed E-state index contributed by atoms with van der Waals surface area (Å²) in [5.74, 6) is 1.92. The summed E-state index contributed by atoms with van der Waals surface area (Å²) >= 11 is 0. The first kappa shape index (κ1) is 18.1. The van der Waals surface area contributed by atoms with Gasteiger partial charge in [-0.25, -0.2) is 4.99 Å². The summed E-state index contributed by atoms with van der Waals surface area (Å²) in [7, 11) is 0. The molecule has 1 saturated heterocycles. The van der Waals surface area contributed by atoms with E-state index in [9.17, 15) is 0 Å².